The zero-order valence-corrected chi connectivity index (χ0v) is 12.1. The molecule has 2 N–H and O–H groups in total. The lowest BCUT2D eigenvalue weighted by Gasteiger charge is -2.25. The molecule has 0 aromatic heterocycles. The molecular weight excluding hydrogens is 220 g/mol. The summed E-state index contributed by atoms with van der Waals surface area (Å²) in [4.78, 5) is 0. The Morgan fingerprint density at radius 1 is 0.889 bits per heavy atom. The first-order chi connectivity index (χ1) is 8.67. The van der Waals surface area contributed by atoms with Crippen molar-refractivity contribution in [2.75, 3.05) is 26.2 Å². The third kappa shape index (κ3) is 5.65. The number of rotatable bonds is 9. The lowest BCUT2D eigenvalue weighted by atomic mass is 9.81. The number of hydrogen-bond donors (Lipinski definition) is 2. The van der Waals surface area contributed by atoms with Crippen LogP contribution in [0.5, 0.6) is 0 Å². The van der Waals surface area contributed by atoms with Crippen molar-refractivity contribution in [3.8, 4) is 0 Å². The van der Waals surface area contributed by atoms with E-state index in [1.165, 1.54) is 18.4 Å². The maximum atomic E-state index is 3.51. The Bertz CT molecular complexity index is 306. The van der Waals surface area contributed by atoms with Crippen LogP contribution in [-0.2, 0) is 5.41 Å². The van der Waals surface area contributed by atoms with Gasteiger partial charge in [-0.2, -0.15) is 0 Å². The highest BCUT2D eigenvalue weighted by atomic mass is 14.9. The maximum absolute atomic E-state index is 3.51. The molecule has 0 heterocycles. The molecule has 1 aromatic rings. The molecule has 0 aliphatic heterocycles. The topological polar surface area (TPSA) is 24.1 Å². The van der Waals surface area contributed by atoms with Crippen LogP contribution in [0.2, 0.25) is 0 Å². The first kappa shape index (κ1) is 15.2. The first-order valence-corrected chi connectivity index (χ1v) is 7.14. The van der Waals surface area contributed by atoms with Gasteiger partial charge in [-0.05, 0) is 36.9 Å². The van der Waals surface area contributed by atoms with Crippen molar-refractivity contribution in [3.63, 3.8) is 0 Å². The van der Waals surface area contributed by atoms with Crippen LogP contribution in [0.1, 0.15) is 39.2 Å². The minimum absolute atomic E-state index is 0.255. The van der Waals surface area contributed by atoms with Crippen molar-refractivity contribution in [2.45, 2.75) is 39.0 Å². The highest BCUT2D eigenvalue weighted by Crippen LogP contribution is 2.25. The molecule has 0 aliphatic rings. The molecule has 0 fully saturated rings. The maximum Gasteiger partial charge on any atom is 0.00767 e. The zero-order chi connectivity index (χ0) is 13.3. The molecule has 0 spiro atoms. The van der Waals surface area contributed by atoms with E-state index in [1.54, 1.807) is 0 Å². The average Bonchev–Trinajstić information content (AvgIpc) is 2.39. The second-order valence-electron chi connectivity index (χ2n) is 5.50. The van der Waals surface area contributed by atoms with Crippen molar-refractivity contribution >= 4 is 0 Å². The van der Waals surface area contributed by atoms with Gasteiger partial charge in [-0.1, -0.05) is 51.1 Å². The van der Waals surface area contributed by atoms with E-state index < -0.39 is 0 Å². The second kappa shape index (κ2) is 8.28. The molecule has 0 atom stereocenters. The fourth-order valence-corrected chi connectivity index (χ4v) is 2.04. The van der Waals surface area contributed by atoms with Crippen molar-refractivity contribution < 1.29 is 0 Å². The van der Waals surface area contributed by atoms with E-state index >= 15 is 0 Å². The average molecular weight is 248 g/mol. The third-order valence-electron chi connectivity index (χ3n) is 3.39. The predicted molar refractivity (Wildman–Crippen MR) is 80.1 cm³/mol. The Morgan fingerprint density at radius 2 is 1.50 bits per heavy atom. The number of nitrogens with one attached hydrogen (secondary N) is 2. The third-order valence-corrected chi connectivity index (χ3v) is 3.39. The van der Waals surface area contributed by atoms with Gasteiger partial charge in [0, 0.05) is 13.1 Å². The summed E-state index contributed by atoms with van der Waals surface area (Å²) < 4.78 is 0. The van der Waals surface area contributed by atoms with Crippen LogP contribution in [0.3, 0.4) is 0 Å². The van der Waals surface area contributed by atoms with Crippen LogP contribution in [0, 0.1) is 0 Å². The molecule has 2 nitrogen and oxygen atoms in total. The van der Waals surface area contributed by atoms with Crippen LogP contribution in [0.15, 0.2) is 30.3 Å². The highest BCUT2D eigenvalue weighted by Gasteiger charge is 2.19. The zero-order valence-electron chi connectivity index (χ0n) is 12.1. The molecule has 18 heavy (non-hydrogen) atoms. The van der Waals surface area contributed by atoms with E-state index in [4.69, 9.17) is 0 Å². The van der Waals surface area contributed by atoms with E-state index in [0.29, 0.717) is 0 Å². The highest BCUT2D eigenvalue weighted by molar-refractivity contribution is 5.23. The van der Waals surface area contributed by atoms with Crippen LogP contribution < -0.4 is 10.6 Å². The van der Waals surface area contributed by atoms with Crippen LogP contribution >= 0.6 is 0 Å². The van der Waals surface area contributed by atoms with Crippen molar-refractivity contribution in [3.05, 3.63) is 35.9 Å². The summed E-state index contributed by atoms with van der Waals surface area (Å²) in [6.07, 6.45) is 2.38. The fourth-order valence-electron chi connectivity index (χ4n) is 2.04. The van der Waals surface area contributed by atoms with Crippen molar-refractivity contribution in [1.82, 2.24) is 10.6 Å². The van der Waals surface area contributed by atoms with Gasteiger partial charge >= 0.3 is 0 Å². The number of benzene rings is 1. The van der Waals surface area contributed by atoms with Gasteiger partial charge in [-0.15, -0.1) is 0 Å². The molecule has 0 radical (unpaired) electrons. The molecule has 1 rings (SSSR count). The SMILES string of the molecule is CCCNCCNCCC(C)(C)c1ccccc1. The summed E-state index contributed by atoms with van der Waals surface area (Å²) in [6, 6.07) is 10.8. The van der Waals surface area contributed by atoms with Gasteiger partial charge in [0.1, 0.15) is 0 Å². The molecule has 102 valence electrons. The molecule has 2 heteroatoms. The van der Waals surface area contributed by atoms with Crippen LogP contribution in [-0.4, -0.2) is 26.2 Å². The predicted octanol–water partition coefficient (Wildman–Crippen LogP) is 2.94. The molecule has 0 saturated heterocycles. The minimum Gasteiger partial charge on any atom is -0.315 e. The molecule has 1 aromatic carbocycles. The van der Waals surface area contributed by atoms with E-state index in [2.05, 4.69) is 61.7 Å². The summed E-state index contributed by atoms with van der Waals surface area (Å²) in [5, 5.41) is 6.91. The Morgan fingerprint density at radius 3 is 2.11 bits per heavy atom. The Kier molecular flexibility index (Phi) is 6.99. The minimum atomic E-state index is 0.255. The van der Waals surface area contributed by atoms with Gasteiger partial charge in [0.25, 0.3) is 0 Å². The summed E-state index contributed by atoms with van der Waals surface area (Å²) in [6.45, 7) is 11.2. The lowest BCUT2D eigenvalue weighted by molar-refractivity contribution is 0.455. The molecule has 0 amide bonds. The van der Waals surface area contributed by atoms with E-state index in [9.17, 15) is 0 Å². The summed E-state index contributed by atoms with van der Waals surface area (Å²) in [7, 11) is 0. The first-order valence-electron chi connectivity index (χ1n) is 7.14. The van der Waals surface area contributed by atoms with Crippen molar-refractivity contribution in [1.29, 1.82) is 0 Å². The molecule has 0 aliphatic carbocycles. The van der Waals surface area contributed by atoms with Crippen LogP contribution in [0.4, 0.5) is 0 Å². The standard InChI is InChI=1S/C16H28N2/c1-4-11-17-13-14-18-12-10-16(2,3)15-8-6-5-7-9-15/h5-9,17-18H,4,10-14H2,1-3H3. The Hall–Kier alpha value is -0.860. The summed E-state index contributed by atoms with van der Waals surface area (Å²) in [5.74, 6) is 0. The molecule has 0 bridgehead atoms. The quantitative estimate of drug-likeness (QED) is 0.657. The Labute approximate surface area is 112 Å². The van der Waals surface area contributed by atoms with Gasteiger partial charge in [0.2, 0.25) is 0 Å². The summed E-state index contributed by atoms with van der Waals surface area (Å²) >= 11 is 0. The lowest BCUT2D eigenvalue weighted by Crippen LogP contribution is -2.31. The fraction of sp³-hybridized carbons (Fsp3) is 0.625. The summed E-state index contributed by atoms with van der Waals surface area (Å²) in [5.41, 5.74) is 1.68. The van der Waals surface area contributed by atoms with Gasteiger partial charge in [-0.3, -0.25) is 0 Å². The molecular formula is C16H28N2. The van der Waals surface area contributed by atoms with E-state index in [0.717, 1.165) is 26.2 Å². The molecule has 0 saturated carbocycles. The largest absolute Gasteiger partial charge is 0.315 e. The van der Waals surface area contributed by atoms with Crippen LogP contribution in [0.25, 0.3) is 0 Å². The van der Waals surface area contributed by atoms with Crippen molar-refractivity contribution in [2.24, 2.45) is 0 Å². The molecule has 0 unspecified atom stereocenters. The monoisotopic (exact) mass is 248 g/mol. The van der Waals surface area contributed by atoms with E-state index in [-0.39, 0.29) is 5.41 Å². The van der Waals surface area contributed by atoms with Gasteiger partial charge in [-0.25, -0.2) is 0 Å². The van der Waals surface area contributed by atoms with Gasteiger partial charge < -0.3 is 10.6 Å². The van der Waals surface area contributed by atoms with Gasteiger partial charge in [0.15, 0.2) is 0 Å². The number of hydrogen-bond acceptors (Lipinski definition) is 2. The normalized spacial score (nSPS) is 11.7. The van der Waals surface area contributed by atoms with Gasteiger partial charge in [0.05, 0.1) is 0 Å². The Balaban J connectivity index is 2.18. The van der Waals surface area contributed by atoms with E-state index in [1.807, 2.05) is 0 Å². The second-order valence-corrected chi connectivity index (χ2v) is 5.50. The smallest absolute Gasteiger partial charge is 0.00767 e.